The van der Waals surface area contributed by atoms with Crippen molar-refractivity contribution in [2.45, 2.75) is 32.2 Å². The summed E-state index contributed by atoms with van der Waals surface area (Å²) in [7, 11) is 0. The number of hydrogen-bond acceptors (Lipinski definition) is 3. The van der Waals surface area contributed by atoms with Gasteiger partial charge in [0.2, 0.25) is 0 Å². The van der Waals surface area contributed by atoms with Crippen LogP contribution in [0, 0.1) is 5.41 Å². The molecular weight excluding hydrogens is 176 g/mol. The monoisotopic (exact) mass is 198 g/mol. The topological polar surface area (TPSA) is 38.5 Å². The molecule has 14 heavy (non-hydrogen) atoms. The lowest BCUT2D eigenvalue weighted by molar-refractivity contribution is -0.0167. The van der Waals surface area contributed by atoms with Gasteiger partial charge in [-0.15, -0.1) is 0 Å². The van der Waals surface area contributed by atoms with E-state index in [1.54, 1.807) is 0 Å². The van der Waals surface area contributed by atoms with E-state index in [1.807, 2.05) is 0 Å². The Morgan fingerprint density at radius 1 is 1.21 bits per heavy atom. The molecule has 2 heterocycles. The van der Waals surface area contributed by atoms with Crippen LogP contribution in [0.5, 0.6) is 0 Å². The third-order valence-corrected chi connectivity index (χ3v) is 3.33. The van der Waals surface area contributed by atoms with Crippen LogP contribution in [0.3, 0.4) is 0 Å². The fourth-order valence-electron chi connectivity index (χ4n) is 2.66. The van der Waals surface area contributed by atoms with E-state index < -0.39 is 0 Å². The first-order valence-corrected chi connectivity index (χ1v) is 5.58. The van der Waals surface area contributed by atoms with E-state index >= 15 is 0 Å². The maximum Gasteiger partial charge on any atom is 0.0484 e. The molecule has 0 atom stereocenters. The van der Waals surface area contributed by atoms with Crippen LogP contribution in [0.15, 0.2) is 0 Å². The molecule has 0 aliphatic carbocycles. The zero-order valence-electron chi connectivity index (χ0n) is 9.38. The fourth-order valence-corrected chi connectivity index (χ4v) is 2.66. The largest absolute Gasteiger partial charge is 0.381 e. The molecule has 82 valence electrons. The van der Waals surface area contributed by atoms with Gasteiger partial charge in [-0.2, -0.15) is 0 Å². The summed E-state index contributed by atoms with van der Waals surface area (Å²) in [6, 6.07) is 0. The van der Waals surface area contributed by atoms with Gasteiger partial charge in [-0.3, -0.25) is 0 Å². The van der Waals surface area contributed by atoms with Gasteiger partial charge in [0.05, 0.1) is 0 Å². The number of ether oxygens (including phenoxy) is 1. The van der Waals surface area contributed by atoms with Gasteiger partial charge >= 0.3 is 0 Å². The van der Waals surface area contributed by atoms with Gasteiger partial charge in [0.1, 0.15) is 0 Å². The Bertz CT molecular complexity index is 201. The predicted molar refractivity (Wildman–Crippen MR) is 57.2 cm³/mol. The molecule has 2 aliphatic rings. The van der Waals surface area contributed by atoms with Crippen molar-refractivity contribution in [2.75, 3.05) is 32.8 Å². The van der Waals surface area contributed by atoms with Gasteiger partial charge in [-0.1, -0.05) is 13.8 Å². The van der Waals surface area contributed by atoms with Crippen molar-refractivity contribution in [1.29, 1.82) is 0 Å². The molecule has 0 aromatic carbocycles. The van der Waals surface area contributed by atoms with Crippen molar-refractivity contribution >= 4 is 0 Å². The molecular formula is C11H22N2O. The van der Waals surface area contributed by atoms with Gasteiger partial charge in [0.15, 0.2) is 0 Å². The van der Waals surface area contributed by atoms with Gasteiger partial charge in [-0.25, -0.2) is 0 Å². The highest BCUT2D eigenvalue weighted by Gasteiger charge is 2.39. The standard InChI is InChI=1S/C11H22N2O/c1-10(2)7-13(8-10)9-11(12)3-5-14-6-4-11/h3-9,12H2,1-2H3. The second-order valence-electron chi connectivity index (χ2n) is 5.78. The van der Waals surface area contributed by atoms with Crippen molar-refractivity contribution in [3.05, 3.63) is 0 Å². The molecule has 0 aromatic heterocycles. The normalized spacial score (nSPS) is 31.1. The van der Waals surface area contributed by atoms with Gasteiger partial charge < -0.3 is 15.4 Å². The van der Waals surface area contributed by atoms with Crippen LogP contribution in [0.4, 0.5) is 0 Å². The highest BCUT2D eigenvalue weighted by Crippen LogP contribution is 2.31. The summed E-state index contributed by atoms with van der Waals surface area (Å²) in [5.74, 6) is 0. The van der Waals surface area contributed by atoms with Crippen LogP contribution in [0.25, 0.3) is 0 Å². The van der Waals surface area contributed by atoms with E-state index in [9.17, 15) is 0 Å². The Labute approximate surface area is 86.6 Å². The minimum atomic E-state index is 0.0226. The molecule has 2 fully saturated rings. The first-order chi connectivity index (χ1) is 6.49. The van der Waals surface area contributed by atoms with Crippen LogP contribution in [0.2, 0.25) is 0 Å². The van der Waals surface area contributed by atoms with Crippen LogP contribution in [-0.2, 0) is 4.74 Å². The summed E-state index contributed by atoms with van der Waals surface area (Å²) in [5.41, 5.74) is 6.87. The first-order valence-electron chi connectivity index (χ1n) is 5.58. The second kappa shape index (κ2) is 3.47. The van der Waals surface area contributed by atoms with Gasteiger partial charge in [-0.05, 0) is 18.3 Å². The minimum Gasteiger partial charge on any atom is -0.381 e. The molecule has 0 unspecified atom stereocenters. The Hall–Kier alpha value is -0.120. The first kappa shape index (κ1) is 10.4. The number of nitrogens with zero attached hydrogens (tertiary/aromatic N) is 1. The maximum absolute atomic E-state index is 6.34. The van der Waals surface area contributed by atoms with E-state index in [1.165, 1.54) is 13.1 Å². The minimum absolute atomic E-state index is 0.0226. The molecule has 0 bridgehead atoms. The Morgan fingerprint density at radius 3 is 2.29 bits per heavy atom. The molecule has 2 N–H and O–H groups in total. The van der Waals surface area contributed by atoms with Crippen molar-refractivity contribution in [2.24, 2.45) is 11.1 Å². The highest BCUT2D eigenvalue weighted by molar-refractivity contribution is 4.96. The predicted octanol–water partition coefficient (Wildman–Crippen LogP) is 0.836. The summed E-state index contributed by atoms with van der Waals surface area (Å²) < 4.78 is 5.34. The summed E-state index contributed by atoms with van der Waals surface area (Å²) in [4.78, 5) is 2.48. The average Bonchev–Trinajstić information content (AvgIpc) is 2.01. The number of hydrogen-bond donors (Lipinski definition) is 1. The van der Waals surface area contributed by atoms with Gasteiger partial charge in [0.25, 0.3) is 0 Å². The third-order valence-electron chi connectivity index (χ3n) is 3.33. The quantitative estimate of drug-likeness (QED) is 0.714. The molecule has 2 aliphatic heterocycles. The van der Waals surface area contributed by atoms with Crippen molar-refractivity contribution in [1.82, 2.24) is 4.90 Å². The summed E-state index contributed by atoms with van der Waals surface area (Å²) in [6.45, 7) is 9.77. The molecule has 0 radical (unpaired) electrons. The molecule has 0 amide bonds. The van der Waals surface area contributed by atoms with Crippen molar-refractivity contribution in [3.63, 3.8) is 0 Å². The zero-order valence-corrected chi connectivity index (χ0v) is 9.38. The van der Waals surface area contributed by atoms with Crippen LogP contribution >= 0.6 is 0 Å². The lowest BCUT2D eigenvalue weighted by Gasteiger charge is -2.50. The number of nitrogens with two attached hydrogens (primary N) is 1. The summed E-state index contributed by atoms with van der Waals surface area (Å²) >= 11 is 0. The van der Waals surface area contributed by atoms with Crippen LogP contribution in [0.1, 0.15) is 26.7 Å². The SMILES string of the molecule is CC1(C)CN(CC2(N)CCOCC2)C1. The van der Waals surface area contributed by atoms with E-state index in [4.69, 9.17) is 10.5 Å². The Balaban J connectivity index is 1.79. The van der Waals surface area contributed by atoms with Crippen molar-refractivity contribution < 1.29 is 4.74 Å². The number of rotatable bonds is 2. The zero-order chi connectivity index (χ0) is 10.2. The summed E-state index contributed by atoms with van der Waals surface area (Å²) in [6.07, 6.45) is 2.04. The molecule has 2 saturated heterocycles. The second-order valence-corrected chi connectivity index (χ2v) is 5.78. The fraction of sp³-hybridized carbons (Fsp3) is 1.00. The summed E-state index contributed by atoms with van der Waals surface area (Å²) in [5, 5.41) is 0. The van der Waals surface area contributed by atoms with E-state index in [2.05, 4.69) is 18.7 Å². The van der Waals surface area contributed by atoms with Crippen molar-refractivity contribution in [3.8, 4) is 0 Å². The Morgan fingerprint density at radius 2 is 1.79 bits per heavy atom. The smallest absolute Gasteiger partial charge is 0.0484 e. The molecule has 0 aromatic rings. The van der Waals surface area contributed by atoms with E-state index in [-0.39, 0.29) is 5.54 Å². The maximum atomic E-state index is 6.34. The molecule has 0 saturated carbocycles. The number of likely N-dealkylation sites (tertiary alicyclic amines) is 1. The van der Waals surface area contributed by atoms with Gasteiger partial charge in [0, 0.05) is 38.4 Å². The molecule has 0 spiro atoms. The lowest BCUT2D eigenvalue weighted by atomic mass is 9.81. The van der Waals surface area contributed by atoms with Crippen LogP contribution in [-0.4, -0.2) is 43.3 Å². The highest BCUT2D eigenvalue weighted by atomic mass is 16.5. The van der Waals surface area contributed by atoms with E-state index in [0.717, 1.165) is 32.6 Å². The molecule has 2 rings (SSSR count). The van der Waals surface area contributed by atoms with E-state index in [0.29, 0.717) is 5.41 Å². The third kappa shape index (κ3) is 2.27. The Kier molecular flexibility index (Phi) is 2.58. The van der Waals surface area contributed by atoms with Crippen LogP contribution < -0.4 is 5.73 Å². The molecule has 3 nitrogen and oxygen atoms in total. The lowest BCUT2D eigenvalue weighted by Crippen LogP contribution is -2.61. The molecule has 3 heteroatoms. The average molecular weight is 198 g/mol.